The fourth-order valence-corrected chi connectivity index (χ4v) is 10.3. The number of amides is 2. The molecular formula is C62H69F7N8O10. The number of ether oxygens (including phenoxy) is 5. The molecule has 4 aromatic carbocycles. The Morgan fingerprint density at radius 2 is 1.56 bits per heavy atom. The molecule has 9 rings (SSSR count). The maximum absolute atomic E-state index is 15.9. The monoisotopic (exact) mass is 1220 g/mol. The Bertz CT molecular complexity index is 3500. The van der Waals surface area contributed by atoms with E-state index < -0.39 is 59.1 Å². The van der Waals surface area contributed by atoms with Gasteiger partial charge in [-0.15, -0.1) is 8.78 Å². The molecule has 0 radical (unpaired) electrons. The van der Waals surface area contributed by atoms with Crippen molar-refractivity contribution in [2.24, 2.45) is 0 Å². The number of halogens is 7. The van der Waals surface area contributed by atoms with Gasteiger partial charge in [0.05, 0.1) is 91.0 Å². The Labute approximate surface area is 496 Å². The van der Waals surface area contributed by atoms with Crippen molar-refractivity contribution in [2.75, 3.05) is 51.4 Å². The van der Waals surface area contributed by atoms with Crippen molar-refractivity contribution in [3.05, 3.63) is 159 Å². The number of unbranched alkanes of at least 4 members (excludes halogenated alkanes) is 3. The van der Waals surface area contributed by atoms with Gasteiger partial charge < -0.3 is 59.5 Å². The van der Waals surface area contributed by atoms with Crippen molar-refractivity contribution in [2.45, 2.75) is 127 Å². The summed E-state index contributed by atoms with van der Waals surface area (Å²) in [5.74, 6) is -2.75. The summed E-state index contributed by atoms with van der Waals surface area (Å²) in [5, 5.41) is 51.8. The normalized spacial score (nSPS) is 14.6. The first-order valence-corrected chi connectivity index (χ1v) is 28.7. The van der Waals surface area contributed by atoms with Gasteiger partial charge in [-0.3, -0.25) is 14.3 Å². The zero-order valence-electron chi connectivity index (χ0n) is 48.0. The molecule has 0 bridgehead atoms. The summed E-state index contributed by atoms with van der Waals surface area (Å²) in [5.41, 5.74) is 2.00. The summed E-state index contributed by atoms with van der Waals surface area (Å²) >= 11 is 0. The minimum Gasteiger partial charge on any atom is -0.489 e. The maximum atomic E-state index is 15.9. The number of fused-ring (bicyclic) bond motifs is 2. The number of hydrogen-bond donors (Lipinski definition) is 6. The number of carbonyl (C=O) groups excluding carboxylic acids is 2. The van der Waals surface area contributed by atoms with E-state index in [1.54, 1.807) is 21.5 Å². The van der Waals surface area contributed by atoms with Gasteiger partial charge in [0.2, 0.25) is 5.91 Å². The Kier molecular flexibility index (Phi) is 20.5. The zero-order valence-corrected chi connectivity index (χ0v) is 48.0. The largest absolute Gasteiger partial charge is 0.586 e. The number of alkyl halides is 5. The van der Waals surface area contributed by atoms with Gasteiger partial charge in [-0.2, -0.15) is 28.5 Å². The van der Waals surface area contributed by atoms with Gasteiger partial charge in [0.15, 0.2) is 11.5 Å². The first-order valence-electron chi connectivity index (χ1n) is 28.7. The number of aromatic nitrogens is 5. The molecule has 4 heterocycles. The molecular weight excluding hydrogens is 1150 g/mol. The minimum absolute atomic E-state index is 0.0291. The SMILES string of the molecule is CC(C)(COCCCCCOCc1ccc(Cn2cc(C(=O)NCCCCc3ccc(OCc4ccc(F)c(C(F)(F)F)c4)c(CNCCO)c3)cn2)nn1)c1cc2cc(NC(=O)C3(c4ccc5c(c4)OC(F)(F)O5)CC3)c(F)cc2n1C[C@H](O)CO. The lowest BCUT2D eigenvalue weighted by molar-refractivity contribution is -0.286. The van der Waals surface area contributed by atoms with Crippen molar-refractivity contribution in [1.82, 2.24) is 35.2 Å². The second-order valence-electron chi connectivity index (χ2n) is 22.4. The number of carbonyl (C=O) groups is 2. The van der Waals surface area contributed by atoms with E-state index in [0.717, 1.165) is 48.9 Å². The number of rotatable bonds is 32. The Morgan fingerprint density at radius 3 is 2.31 bits per heavy atom. The molecule has 1 fully saturated rings. The molecule has 18 nitrogen and oxygen atoms in total. The van der Waals surface area contributed by atoms with Gasteiger partial charge in [-0.25, -0.2) is 8.78 Å². The summed E-state index contributed by atoms with van der Waals surface area (Å²) in [4.78, 5) is 26.6. The predicted molar refractivity (Wildman–Crippen MR) is 304 cm³/mol. The topological polar surface area (TPSA) is 226 Å². The van der Waals surface area contributed by atoms with Crippen LogP contribution in [0.5, 0.6) is 17.2 Å². The van der Waals surface area contributed by atoms with Crippen LogP contribution < -0.4 is 30.2 Å². The molecule has 1 saturated carbocycles. The highest BCUT2D eigenvalue weighted by Crippen LogP contribution is 2.52. The molecule has 2 amide bonds. The first kappa shape index (κ1) is 63.8. The van der Waals surface area contributed by atoms with E-state index in [-0.39, 0.29) is 68.2 Å². The lowest BCUT2D eigenvalue weighted by Crippen LogP contribution is -2.30. The van der Waals surface area contributed by atoms with E-state index in [4.69, 9.17) is 14.2 Å². The summed E-state index contributed by atoms with van der Waals surface area (Å²) < 4.78 is 127. The number of aliphatic hydroxyl groups is 3. The van der Waals surface area contributed by atoms with Crippen molar-refractivity contribution in [1.29, 1.82) is 0 Å². The quantitative estimate of drug-likeness (QED) is 0.0171. The molecule has 1 atom stereocenters. The molecule has 2 aliphatic rings. The van der Waals surface area contributed by atoms with Crippen LogP contribution in [0.1, 0.15) is 114 Å². The van der Waals surface area contributed by atoms with Gasteiger partial charge in [0.25, 0.3) is 5.91 Å². The molecule has 466 valence electrons. The van der Waals surface area contributed by atoms with Crippen LogP contribution >= 0.6 is 0 Å². The van der Waals surface area contributed by atoms with Crippen LogP contribution in [0.15, 0.2) is 97.3 Å². The average Bonchev–Trinajstić information content (AvgIpc) is 1.76. The molecule has 6 N–H and O–H groups in total. The van der Waals surface area contributed by atoms with E-state index in [0.29, 0.717) is 103 Å². The predicted octanol–water partition coefficient (Wildman–Crippen LogP) is 9.41. The molecule has 1 aliphatic carbocycles. The molecule has 25 heteroatoms. The summed E-state index contributed by atoms with van der Waals surface area (Å²) in [7, 11) is 0. The number of aliphatic hydroxyl groups excluding tert-OH is 3. The van der Waals surface area contributed by atoms with Crippen molar-refractivity contribution in [3.8, 4) is 17.2 Å². The molecule has 87 heavy (non-hydrogen) atoms. The van der Waals surface area contributed by atoms with Crippen LogP contribution in [0.25, 0.3) is 10.9 Å². The minimum atomic E-state index is -4.84. The molecule has 7 aromatic rings. The van der Waals surface area contributed by atoms with E-state index in [9.17, 15) is 51.3 Å². The number of nitrogens with zero attached hydrogens (tertiary/aromatic N) is 5. The average molecular weight is 1220 g/mol. The molecule has 0 unspecified atom stereocenters. The van der Waals surface area contributed by atoms with Crippen LogP contribution in [0, 0.1) is 11.6 Å². The van der Waals surface area contributed by atoms with Crippen molar-refractivity contribution >= 4 is 28.4 Å². The van der Waals surface area contributed by atoms with Gasteiger partial charge in [0, 0.05) is 67.2 Å². The summed E-state index contributed by atoms with van der Waals surface area (Å²) in [6, 6.07) is 20.7. The molecule has 0 saturated heterocycles. The molecule has 1 aliphatic heterocycles. The summed E-state index contributed by atoms with van der Waals surface area (Å²) in [6.07, 6.45) is -1.40. The van der Waals surface area contributed by atoms with Crippen molar-refractivity contribution in [3.63, 3.8) is 0 Å². The third-order valence-electron chi connectivity index (χ3n) is 15.1. The van der Waals surface area contributed by atoms with Crippen molar-refractivity contribution < 1.29 is 79.3 Å². The molecule has 3 aromatic heterocycles. The zero-order chi connectivity index (χ0) is 61.9. The number of aryl methyl sites for hydroxylation is 1. The third-order valence-corrected chi connectivity index (χ3v) is 15.1. The first-order chi connectivity index (χ1) is 41.6. The smallest absolute Gasteiger partial charge is 0.489 e. The second-order valence-corrected chi connectivity index (χ2v) is 22.4. The lowest BCUT2D eigenvalue weighted by Gasteiger charge is -2.27. The highest BCUT2D eigenvalue weighted by Gasteiger charge is 2.53. The van der Waals surface area contributed by atoms with Gasteiger partial charge >= 0.3 is 12.5 Å². The van der Waals surface area contributed by atoms with Gasteiger partial charge in [-0.05, 0) is 123 Å². The number of benzene rings is 4. The van der Waals surface area contributed by atoms with Gasteiger partial charge in [-0.1, -0.05) is 38.1 Å². The number of hydrogen-bond acceptors (Lipinski definition) is 14. The van der Waals surface area contributed by atoms with Crippen LogP contribution in [0.4, 0.5) is 36.4 Å². The standard InChI is InChI=1S/C62H69F7N8O10/c1-59(2,56-27-41-26-51(50(64)29-52(41)77(56)34-47(80)35-79)73-58(82)60(17-18-60)44-11-16-54-55(28-44)87-62(68,69)86-54)38-84-23-7-3-6-22-83-37-46-13-12-45(74-75-46)33-76-32-43(31-72-76)57(81)71-19-5-4-8-39-10-15-53(42(24-39)30-70-20-21-78)85-36-40-9-14-49(63)48(25-40)61(65,66)67/h9-16,24-29,31-32,47,70,78-80H,3-8,17-23,30,33-38H2,1-2H3,(H,71,81)(H,73,82)/t47-/m0/s1. The fourth-order valence-electron chi connectivity index (χ4n) is 10.3. The van der Waals surface area contributed by atoms with Crippen LogP contribution in [0.3, 0.4) is 0 Å². The third kappa shape index (κ3) is 16.5. The van der Waals surface area contributed by atoms with Gasteiger partial charge in [0.1, 0.15) is 24.0 Å². The number of nitrogens with one attached hydrogen (secondary N) is 3. The van der Waals surface area contributed by atoms with E-state index >= 15 is 4.39 Å². The fraction of sp³-hybridized carbons (Fsp3) is 0.435. The lowest BCUT2D eigenvalue weighted by atomic mass is 9.90. The maximum Gasteiger partial charge on any atom is 0.586 e. The number of anilines is 1. The van der Waals surface area contributed by atoms with Crippen LogP contribution in [0.2, 0.25) is 0 Å². The van der Waals surface area contributed by atoms with Crippen LogP contribution in [-0.4, -0.2) is 110 Å². The van der Waals surface area contributed by atoms with Crippen LogP contribution in [-0.2, 0) is 70.5 Å². The highest BCUT2D eigenvalue weighted by atomic mass is 19.4. The highest BCUT2D eigenvalue weighted by molar-refractivity contribution is 6.03. The second kappa shape index (κ2) is 28.0. The molecule has 0 spiro atoms. The Morgan fingerprint density at radius 1 is 0.805 bits per heavy atom. The summed E-state index contributed by atoms with van der Waals surface area (Å²) in [6.45, 7) is 5.92. The van der Waals surface area contributed by atoms with E-state index in [1.807, 2.05) is 44.2 Å². The Balaban J connectivity index is 0.661. The van der Waals surface area contributed by atoms with E-state index in [2.05, 4.69) is 40.7 Å². The van der Waals surface area contributed by atoms with E-state index in [1.165, 1.54) is 42.6 Å². The Hall–Kier alpha value is -7.68.